The molecule has 0 spiro atoms. The lowest BCUT2D eigenvalue weighted by atomic mass is 9.95. The molecule has 1 unspecified atom stereocenters. The molecule has 1 aromatic rings. The van der Waals surface area contributed by atoms with Gasteiger partial charge in [0.25, 0.3) is 5.91 Å². The molecule has 0 saturated carbocycles. The number of hydrogen-bond donors (Lipinski definition) is 4. The Balaban J connectivity index is 2.18. The quantitative estimate of drug-likeness (QED) is 0.219. The number of esters is 2. The maximum atomic E-state index is 14.5. The normalized spacial score (nSPS) is 27.1. The number of aliphatic hydroxyl groups excluding tert-OH is 1. The number of nitrogens with one attached hydrogen (secondary N) is 3. The standard InChI is InChI=1S/C43H67N5O12/c1-23(2)20-29-39(53)48-19-13-14-30(48)40(54)47(11)31(21-27-15-17-28(57-12)18-16-27)41(55)58-26(7)35(46-42(56)60-43(8,9)10)37(51)45-34(24(3)4)32(49)22-33(50)59-36(25(5)6)38(52)44-29/h15-18,23-26,29-32,34-36,49H,13-14,19-22H2,1-12H3,(H,44,52)(H,45,51)(H,46,56)/t26-,29+,30+,31+,32+,34-,35+,36?/m1/s1. The fourth-order valence-electron chi connectivity index (χ4n) is 7.29. The van der Waals surface area contributed by atoms with Crippen molar-refractivity contribution in [1.29, 1.82) is 0 Å². The molecule has 2 fully saturated rings. The number of ether oxygens (including phenoxy) is 4. The highest BCUT2D eigenvalue weighted by Crippen LogP contribution is 2.25. The molecule has 2 heterocycles. The number of aliphatic hydroxyl groups is 1. The van der Waals surface area contributed by atoms with Crippen LogP contribution < -0.4 is 20.7 Å². The van der Waals surface area contributed by atoms with E-state index in [1.165, 1.54) is 30.9 Å². The number of hydrogen-bond acceptors (Lipinski definition) is 12. The van der Waals surface area contributed by atoms with E-state index in [4.69, 9.17) is 18.9 Å². The average Bonchev–Trinajstić information content (AvgIpc) is 3.64. The van der Waals surface area contributed by atoms with Gasteiger partial charge in [-0.25, -0.2) is 9.59 Å². The topological polar surface area (TPSA) is 219 Å². The third-order valence-electron chi connectivity index (χ3n) is 10.5. The Bertz CT molecular complexity index is 1680. The lowest BCUT2D eigenvalue weighted by Crippen LogP contribution is -2.59. The van der Waals surface area contributed by atoms with Crippen molar-refractivity contribution in [2.45, 2.75) is 155 Å². The van der Waals surface area contributed by atoms with Crippen LogP contribution in [-0.4, -0.2) is 131 Å². The van der Waals surface area contributed by atoms with Crippen molar-refractivity contribution in [1.82, 2.24) is 25.8 Å². The number of fused-ring (bicyclic) bond motifs is 1. The molecule has 60 heavy (non-hydrogen) atoms. The summed E-state index contributed by atoms with van der Waals surface area (Å²) >= 11 is 0. The third-order valence-corrected chi connectivity index (χ3v) is 10.5. The van der Waals surface area contributed by atoms with Gasteiger partial charge in [-0.2, -0.15) is 0 Å². The van der Waals surface area contributed by atoms with E-state index in [1.54, 1.807) is 72.7 Å². The highest BCUT2D eigenvalue weighted by molar-refractivity contribution is 5.95. The summed E-state index contributed by atoms with van der Waals surface area (Å²) in [5.41, 5.74) is -0.327. The van der Waals surface area contributed by atoms with Gasteiger partial charge in [0.1, 0.15) is 41.6 Å². The second-order valence-corrected chi connectivity index (χ2v) is 17.9. The molecule has 0 aromatic heterocycles. The predicted molar refractivity (Wildman–Crippen MR) is 220 cm³/mol. The van der Waals surface area contributed by atoms with Gasteiger partial charge in [0.2, 0.25) is 17.7 Å². The van der Waals surface area contributed by atoms with Gasteiger partial charge in [-0.15, -0.1) is 0 Å². The van der Waals surface area contributed by atoms with E-state index in [2.05, 4.69) is 16.0 Å². The van der Waals surface area contributed by atoms with E-state index in [-0.39, 0.29) is 31.7 Å². The fraction of sp³-hybridized carbons (Fsp3) is 0.698. The van der Waals surface area contributed by atoms with Crippen LogP contribution >= 0.6 is 0 Å². The van der Waals surface area contributed by atoms with Gasteiger partial charge < -0.3 is 49.8 Å². The molecule has 8 atom stereocenters. The Kier molecular flexibility index (Phi) is 17.8. The first kappa shape index (κ1) is 49.4. The Hall–Kier alpha value is -4.93. The van der Waals surface area contributed by atoms with Crippen molar-refractivity contribution < 1.29 is 57.6 Å². The van der Waals surface area contributed by atoms with Crippen molar-refractivity contribution in [3.63, 3.8) is 0 Å². The molecule has 2 saturated heterocycles. The van der Waals surface area contributed by atoms with Crippen molar-refractivity contribution in [3.05, 3.63) is 29.8 Å². The number of rotatable bonds is 8. The van der Waals surface area contributed by atoms with Crippen LogP contribution in [0.3, 0.4) is 0 Å². The molecule has 2 aliphatic rings. The van der Waals surface area contributed by atoms with Crippen molar-refractivity contribution >= 4 is 41.7 Å². The smallest absolute Gasteiger partial charge is 0.408 e. The molecular formula is C43H67N5O12. The van der Waals surface area contributed by atoms with E-state index in [0.717, 1.165) is 0 Å². The molecule has 17 nitrogen and oxygen atoms in total. The number of cyclic esters (lactones) is 2. The Morgan fingerprint density at radius 2 is 1.57 bits per heavy atom. The molecule has 3 rings (SSSR count). The van der Waals surface area contributed by atoms with Gasteiger partial charge in [0.05, 0.1) is 25.7 Å². The first-order valence-electron chi connectivity index (χ1n) is 20.8. The second kappa shape index (κ2) is 21.5. The van der Waals surface area contributed by atoms with Gasteiger partial charge in [-0.05, 0) is 82.4 Å². The molecule has 5 amide bonds. The highest BCUT2D eigenvalue weighted by Gasteiger charge is 2.44. The third kappa shape index (κ3) is 13.8. The summed E-state index contributed by atoms with van der Waals surface area (Å²) in [5.74, 6) is -5.00. The summed E-state index contributed by atoms with van der Waals surface area (Å²) < 4.78 is 22.3. The van der Waals surface area contributed by atoms with Crippen LogP contribution in [0.4, 0.5) is 4.79 Å². The summed E-state index contributed by atoms with van der Waals surface area (Å²) in [6.07, 6.45) is -4.93. The van der Waals surface area contributed by atoms with Crippen molar-refractivity contribution in [2.75, 3.05) is 20.7 Å². The van der Waals surface area contributed by atoms with Crippen molar-refractivity contribution in [3.8, 4) is 5.75 Å². The first-order chi connectivity index (χ1) is 27.9. The summed E-state index contributed by atoms with van der Waals surface area (Å²) in [7, 11) is 2.95. The summed E-state index contributed by atoms with van der Waals surface area (Å²) in [5, 5.41) is 19.3. The highest BCUT2D eigenvalue weighted by atomic mass is 16.6. The SMILES string of the molecule is COc1ccc(C[C@H]2C(=O)O[C@H](C)[C@H](NC(=O)OC(C)(C)C)C(=O)N[C@H](C(C)C)[C@@H](O)CC(=O)OC(C(C)C)C(=O)N[C@@H](CC(C)C)C(=O)N3CCC[C@H]3C(=O)N2C)cc1. The molecule has 0 bridgehead atoms. The monoisotopic (exact) mass is 845 g/mol. The number of carbonyl (C=O) groups is 7. The van der Waals surface area contributed by atoms with Crippen LogP contribution in [0.5, 0.6) is 5.75 Å². The molecule has 1 aromatic carbocycles. The minimum Gasteiger partial charge on any atom is -0.497 e. The zero-order valence-corrected chi connectivity index (χ0v) is 37.2. The number of amides is 5. The van der Waals surface area contributed by atoms with Crippen molar-refractivity contribution in [2.24, 2.45) is 17.8 Å². The van der Waals surface area contributed by atoms with Crippen LogP contribution in [0.15, 0.2) is 24.3 Å². The van der Waals surface area contributed by atoms with Gasteiger partial charge in [-0.1, -0.05) is 53.7 Å². The number of alkyl carbamates (subject to hydrolysis) is 1. The lowest BCUT2D eigenvalue weighted by molar-refractivity contribution is -0.162. The van der Waals surface area contributed by atoms with Crippen LogP contribution in [-0.2, 0) is 49.4 Å². The zero-order chi connectivity index (χ0) is 45.2. The summed E-state index contributed by atoms with van der Waals surface area (Å²) in [4.78, 5) is 100. The minimum absolute atomic E-state index is 0.0346. The average molecular weight is 846 g/mol. The number of carbonyl (C=O) groups excluding carboxylic acids is 7. The molecule has 0 aliphatic carbocycles. The Morgan fingerprint density at radius 1 is 0.933 bits per heavy atom. The lowest BCUT2D eigenvalue weighted by Gasteiger charge is -2.35. The molecular weight excluding hydrogens is 778 g/mol. The number of benzene rings is 1. The maximum absolute atomic E-state index is 14.5. The van der Waals surface area contributed by atoms with Gasteiger partial charge in [-0.3, -0.25) is 24.0 Å². The van der Waals surface area contributed by atoms with Gasteiger partial charge in [0, 0.05) is 20.0 Å². The summed E-state index contributed by atoms with van der Waals surface area (Å²) in [6, 6.07) is 0.832. The number of nitrogens with zero attached hydrogens (tertiary/aromatic N) is 2. The van der Waals surface area contributed by atoms with Gasteiger partial charge >= 0.3 is 18.0 Å². The van der Waals surface area contributed by atoms with E-state index < -0.39 is 114 Å². The molecule has 17 heteroatoms. The number of methoxy groups -OCH3 is 1. The van der Waals surface area contributed by atoms with E-state index >= 15 is 0 Å². The molecule has 336 valence electrons. The van der Waals surface area contributed by atoms with Crippen LogP contribution in [0.25, 0.3) is 0 Å². The maximum Gasteiger partial charge on any atom is 0.408 e. The molecule has 2 aliphatic heterocycles. The van der Waals surface area contributed by atoms with E-state index in [0.29, 0.717) is 17.7 Å². The molecule has 4 N–H and O–H groups in total. The second-order valence-electron chi connectivity index (χ2n) is 17.9. The Morgan fingerprint density at radius 3 is 2.12 bits per heavy atom. The summed E-state index contributed by atoms with van der Waals surface area (Å²) in [6.45, 7) is 17.0. The molecule has 0 radical (unpaired) electrons. The van der Waals surface area contributed by atoms with Crippen LogP contribution in [0.2, 0.25) is 0 Å². The first-order valence-corrected chi connectivity index (χ1v) is 20.8. The van der Waals surface area contributed by atoms with Crippen LogP contribution in [0, 0.1) is 17.8 Å². The fourth-order valence-corrected chi connectivity index (χ4v) is 7.29. The van der Waals surface area contributed by atoms with Gasteiger partial charge in [0.15, 0.2) is 6.10 Å². The zero-order valence-electron chi connectivity index (χ0n) is 37.2. The Labute approximate surface area is 353 Å². The number of likely N-dealkylation sites (N-methyl/N-ethyl adjacent to an activating group) is 1. The predicted octanol–water partition coefficient (Wildman–Crippen LogP) is 2.88. The van der Waals surface area contributed by atoms with Crippen LogP contribution in [0.1, 0.15) is 100 Å². The minimum atomic E-state index is -1.59. The largest absolute Gasteiger partial charge is 0.497 e. The van der Waals surface area contributed by atoms with E-state index in [1.807, 2.05) is 13.8 Å². The van der Waals surface area contributed by atoms with E-state index in [9.17, 15) is 38.7 Å².